The smallest absolute Gasteiger partial charge is 0.309 e. The van der Waals surface area contributed by atoms with Crippen LogP contribution < -0.4 is 10.6 Å². The molecule has 0 saturated heterocycles. The minimum Gasteiger partial charge on any atom is -0.481 e. The summed E-state index contributed by atoms with van der Waals surface area (Å²) >= 11 is 0. The van der Waals surface area contributed by atoms with E-state index < -0.39 is 11.4 Å². The van der Waals surface area contributed by atoms with Gasteiger partial charge in [-0.2, -0.15) is 0 Å². The van der Waals surface area contributed by atoms with E-state index in [9.17, 15) is 19.5 Å². The van der Waals surface area contributed by atoms with E-state index in [4.69, 9.17) is 14.7 Å². The largest absolute Gasteiger partial charge is 0.481 e. The van der Waals surface area contributed by atoms with Gasteiger partial charge in [0.1, 0.15) is 0 Å². The maximum atomic E-state index is 14.0. The summed E-state index contributed by atoms with van der Waals surface area (Å²) in [4.78, 5) is 55.0. The zero-order valence-corrected chi connectivity index (χ0v) is 38.6. The normalized spacial score (nSPS) is 27.2. The molecular weight excluding hydrogens is 805 g/mol. The van der Waals surface area contributed by atoms with Crippen LogP contribution in [0.4, 0.5) is 11.4 Å². The van der Waals surface area contributed by atoms with Crippen molar-refractivity contribution in [2.24, 2.45) is 35.8 Å². The number of carbonyl (C=O) groups is 3. The summed E-state index contributed by atoms with van der Waals surface area (Å²) in [5, 5.41) is 16.4. The first kappa shape index (κ1) is 43.1. The standard InChI is InChI=1S/C51H66N8O5/c1-6-34-36(10-8-12-38(34)55-46(61)44-53-40-28-59(25-14-42(40)57(44)4)31-49-19-21-51(30-49,22-20-49)47(62)63)35-9-7-11-37(33(35)2)54-45(60)43-52-39-27-58(24-13-41(39)56(43)3)26-23-48-15-17-50(29-48,18-16-48)32-64-5/h7-12H,6,13-32H2,1-5H3,(H,54,60)(H,55,61)(H,62,63). The molecule has 2 aromatic heterocycles. The molecule has 0 atom stereocenters. The lowest BCUT2D eigenvalue weighted by Crippen LogP contribution is -2.39. The van der Waals surface area contributed by atoms with Crippen molar-refractivity contribution in [3.05, 3.63) is 81.9 Å². The van der Waals surface area contributed by atoms with Crippen LogP contribution in [0.1, 0.15) is 133 Å². The maximum Gasteiger partial charge on any atom is 0.309 e. The number of aromatic nitrogens is 4. The molecule has 13 heteroatoms. The van der Waals surface area contributed by atoms with Gasteiger partial charge in [0, 0.05) is 89.5 Å². The Morgan fingerprint density at radius 1 is 0.734 bits per heavy atom. The van der Waals surface area contributed by atoms with Crippen molar-refractivity contribution in [1.82, 2.24) is 28.9 Å². The Labute approximate surface area is 377 Å². The summed E-state index contributed by atoms with van der Waals surface area (Å²) in [6, 6.07) is 12.0. The highest BCUT2D eigenvalue weighted by molar-refractivity contribution is 6.04. The van der Waals surface area contributed by atoms with E-state index in [1.165, 1.54) is 38.5 Å². The van der Waals surface area contributed by atoms with Gasteiger partial charge in [-0.3, -0.25) is 24.2 Å². The first-order valence-electron chi connectivity index (χ1n) is 23.9. The van der Waals surface area contributed by atoms with Gasteiger partial charge in [-0.25, -0.2) is 9.97 Å². The Morgan fingerprint density at radius 2 is 1.30 bits per heavy atom. The summed E-state index contributed by atoms with van der Waals surface area (Å²) in [7, 11) is 5.74. The SMILES string of the molecule is CCc1c(NC(=O)c2nc3c(n2C)CCN(CC24CCC(C(=O)O)(CC2)C4)C3)cccc1-c1cccc(NC(=O)c2nc3c(n2C)CCN(CCC24CCC(COC)(CC2)C4)C3)c1C. The van der Waals surface area contributed by atoms with Crippen LogP contribution in [0.15, 0.2) is 36.4 Å². The highest BCUT2D eigenvalue weighted by Gasteiger charge is 2.58. The lowest BCUT2D eigenvalue weighted by molar-refractivity contribution is -0.148. The highest BCUT2D eigenvalue weighted by Crippen LogP contribution is 2.63. The molecular formula is C51H66N8O5. The number of hydrogen-bond donors (Lipinski definition) is 3. The number of imidazole rings is 2. The second-order valence-corrected chi connectivity index (χ2v) is 21.0. The van der Waals surface area contributed by atoms with Crippen molar-refractivity contribution in [3.8, 4) is 11.1 Å². The molecule has 6 aliphatic rings. The van der Waals surface area contributed by atoms with Gasteiger partial charge < -0.3 is 29.6 Å². The molecule has 0 unspecified atom stereocenters. The first-order valence-corrected chi connectivity index (χ1v) is 23.9. The molecule has 3 N–H and O–H groups in total. The molecule has 13 nitrogen and oxygen atoms in total. The lowest BCUT2D eigenvalue weighted by atomic mass is 9.80. The topological polar surface area (TPSA) is 147 Å². The molecule has 4 bridgehead atoms. The number of ether oxygens (including phenoxy) is 1. The molecule has 0 spiro atoms. The van der Waals surface area contributed by atoms with Gasteiger partial charge in [0.15, 0.2) is 11.6 Å². The molecule has 2 amide bonds. The maximum absolute atomic E-state index is 14.0. The Balaban J connectivity index is 0.801. The fraction of sp³-hybridized carbons (Fsp3) is 0.588. The van der Waals surface area contributed by atoms with Crippen LogP contribution >= 0.6 is 0 Å². The number of benzene rings is 2. The van der Waals surface area contributed by atoms with Crippen LogP contribution in [0, 0.1) is 28.6 Å². The molecule has 10 rings (SSSR count). The average molecular weight is 871 g/mol. The number of nitrogens with one attached hydrogen (secondary N) is 2. The lowest BCUT2D eigenvalue weighted by Gasteiger charge is -2.35. The molecule has 4 fully saturated rings. The number of carboxylic acid groups (broad SMARTS) is 1. The molecule has 64 heavy (non-hydrogen) atoms. The fourth-order valence-electron chi connectivity index (χ4n) is 13.7. The Bertz CT molecular complexity index is 2500. The second-order valence-electron chi connectivity index (χ2n) is 21.0. The number of rotatable bonds is 14. The Morgan fingerprint density at radius 3 is 1.91 bits per heavy atom. The Kier molecular flexibility index (Phi) is 10.9. The zero-order chi connectivity index (χ0) is 44.6. The summed E-state index contributed by atoms with van der Waals surface area (Å²) in [6.45, 7) is 10.3. The number of nitrogens with zero attached hydrogens (tertiary/aromatic N) is 6. The predicted octanol–water partition coefficient (Wildman–Crippen LogP) is 7.93. The van der Waals surface area contributed by atoms with Gasteiger partial charge in [-0.15, -0.1) is 0 Å². The third-order valence-corrected chi connectivity index (χ3v) is 17.2. The van der Waals surface area contributed by atoms with E-state index >= 15 is 0 Å². The minimum absolute atomic E-state index is 0.0702. The molecule has 4 aromatic rings. The Hall–Kier alpha value is -4.85. The highest BCUT2D eigenvalue weighted by atomic mass is 16.5. The quantitative estimate of drug-likeness (QED) is 0.115. The third-order valence-electron chi connectivity index (χ3n) is 17.2. The van der Waals surface area contributed by atoms with Crippen molar-refractivity contribution in [1.29, 1.82) is 0 Å². The van der Waals surface area contributed by atoms with Gasteiger partial charge in [-0.05, 0) is 141 Å². The van der Waals surface area contributed by atoms with Crippen LogP contribution in [0.3, 0.4) is 0 Å². The number of anilines is 2. The van der Waals surface area contributed by atoms with E-state index in [1.807, 2.05) is 61.5 Å². The number of hydrogen-bond acceptors (Lipinski definition) is 8. The molecule has 0 radical (unpaired) electrons. The van der Waals surface area contributed by atoms with Gasteiger partial charge >= 0.3 is 5.97 Å². The fourth-order valence-corrected chi connectivity index (χ4v) is 13.7. The minimum atomic E-state index is -0.629. The van der Waals surface area contributed by atoms with Crippen LogP contribution in [0.2, 0.25) is 0 Å². The van der Waals surface area contributed by atoms with E-state index in [0.717, 1.165) is 141 Å². The zero-order valence-electron chi connectivity index (χ0n) is 38.6. The van der Waals surface area contributed by atoms with E-state index in [2.05, 4.69) is 39.5 Å². The van der Waals surface area contributed by atoms with Crippen molar-refractivity contribution >= 4 is 29.2 Å². The monoisotopic (exact) mass is 871 g/mol. The molecule has 4 heterocycles. The van der Waals surface area contributed by atoms with E-state index in [1.54, 1.807) is 0 Å². The van der Waals surface area contributed by atoms with Gasteiger partial charge in [0.2, 0.25) is 0 Å². The predicted molar refractivity (Wildman–Crippen MR) is 246 cm³/mol. The molecule has 2 aliphatic heterocycles. The number of carboxylic acids is 1. The van der Waals surface area contributed by atoms with Crippen LogP contribution in [-0.4, -0.2) is 91.7 Å². The molecule has 340 valence electrons. The van der Waals surface area contributed by atoms with Crippen LogP contribution in [0.5, 0.6) is 0 Å². The second kappa shape index (κ2) is 16.2. The number of carbonyl (C=O) groups excluding carboxylic acids is 2. The molecule has 4 aliphatic carbocycles. The number of fused-ring (bicyclic) bond motifs is 6. The van der Waals surface area contributed by atoms with Crippen molar-refractivity contribution in [3.63, 3.8) is 0 Å². The summed E-state index contributed by atoms with van der Waals surface area (Å²) in [5.41, 5.74) is 9.98. The van der Waals surface area contributed by atoms with Crippen LogP contribution in [-0.2, 0) is 56.0 Å². The van der Waals surface area contributed by atoms with Gasteiger partial charge in [0.05, 0.1) is 23.4 Å². The molecule has 4 saturated carbocycles. The summed E-state index contributed by atoms with van der Waals surface area (Å²) in [6.07, 6.45) is 14.4. The van der Waals surface area contributed by atoms with E-state index in [0.29, 0.717) is 35.4 Å². The summed E-state index contributed by atoms with van der Waals surface area (Å²) < 4.78 is 9.55. The molecule has 2 aromatic carbocycles. The summed E-state index contributed by atoms with van der Waals surface area (Å²) in [5.74, 6) is -0.274. The van der Waals surface area contributed by atoms with Crippen molar-refractivity contribution in [2.45, 2.75) is 117 Å². The average Bonchev–Trinajstić information content (AvgIpc) is 4.14. The van der Waals surface area contributed by atoms with Crippen LogP contribution in [0.25, 0.3) is 11.1 Å². The van der Waals surface area contributed by atoms with Crippen molar-refractivity contribution in [2.75, 3.05) is 50.5 Å². The van der Waals surface area contributed by atoms with Crippen molar-refractivity contribution < 1.29 is 24.2 Å². The number of amides is 2. The van der Waals surface area contributed by atoms with Gasteiger partial charge in [-0.1, -0.05) is 31.2 Å². The third kappa shape index (κ3) is 7.39. The first-order chi connectivity index (χ1) is 30.8. The number of methoxy groups -OCH3 is 1. The van der Waals surface area contributed by atoms with E-state index in [-0.39, 0.29) is 17.2 Å². The van der Waals surface area contributed by atoms with Gasteiger partial charge in [0.25, 0.3) is 11.8 Å². The number of aliphatic carboxylic acids is 1.